The van der Waals surface area contributed by atoms with Crippen LogP contribution in [0, 0.1) is 5.92 Å². The van der Waals surface area contributed by atoms with Crippen LogP contribution in [-0.2, 0) is 0 Å². The first-order chi connectivity index (χ1) is 6.04. The molecular formula is C9H18N4. The lowest BCUT2D eigenvalue weighted by atomic mass is 9.96. The SMILES string of the molecule is CC(C)CCC1(N)N=CNC=C1N. The number of nitrogens with zero attached hydrogens (tertiary/aromatic N) is 1. The van der Waals surface area contributed by atoms with Gasteiger partial charge in [-0.05, 0) is 18.8 Å². The lowest BCUT2D eigenvalue weighted by Gasteiger charge is -2.28. The third kappa shape index (κ3) is 2.45. The molecule has 0 fully saturated rings. The largest absolute Gasteiger partial charge is 0.398 e. The smallest absolute Gasteiger partial charge is 0.151 e. The zero-order valence-corrected chi connectivity index (χ0v) is 8.25. The highest BCUT2D eigenvalue weighted by molar-refractivity contribution is 5.59. The summed E-state index contributed by atoms with van der Waals surface area (Å²) < 4.78 is 0. The van der Waals surface area contributed by atoms with E-state index in [0.29, 0.717) is 11.6 Å². The molecule has 4 nitrogen and oxygen atoms in total. The summed E-state index contributed by atoms with van der Waals surface area (Å²) in [7, 11) is 0. The topological polar surface area (TPSA) is 76.4 Å². The molecular weight excluding hydrogens is 164 g/mol. The van der Waals surface area contributed by atoms with E-state index in [0.717, 1.165) is 12.8 Å². The first-order valence-corrected chi connectivity index (χ1v) is 4.59. The molecule has 0 aromatic heterocycles. The van der Waals surface area contributed by atoms with Gasteiger partial charge in [0.2, 0.25) is 0 Å². The summed E-state index contributed by atoms with van der Waals surface area (Å²) in [6.45, 7) is 4.32. The lowest BCUT2D eigenvalue weighted by Crippen LogP contribution is -2.46. The summed E-state index contributed by atoms with van der Waals surface area (Å²) in [5.41, 5.74) is 11.7. The molecule has 1 aliphatic heterocycles. The van der Waals surface area contributed by atoms with Gasteiger partial charge >= 0.3 is 0 Å². The van der Waals surface area contributed by atoms with E-state index in [4.69, 9.17) is 11.5 Å². The Morgan fingerprint density at radius 1 is 1.62 bits per heavy atom. The normalized spacial score (nSPS) is 27.2. The Kier molecular flexibility index (Phi) is 2.93. The van der Waals surface area contributed by atoms with Gasteiger partial charge in [-0.1, -0.05) is 13.8 Å². The minimum atomic E-state index is -0.685. The van der Waals surface area contributed by atoms with Crippen molar-refractivity contribution in [2.75, 3.05) is 0 Å². The van der Waals surface area contributed by atoms with E-state index in [1.807, 2.05) is 0 Å². The Morgan fingerprint density at radius 2 is 2.31 bits per heavy atom. The van der Waals surface area contributed by atoms with Crippen LogP contribution in [0.1, 0.15) is 26.7 Å². The van der Waals surface area contributed by atoms with Crippen molar-refractivity contribution in [3.05, 3.63) is 11.9 Å². The first-order valence-electron chi connectivity index (χ1n) is 4.59. The molecule has 13 heavy (non-hydrogen) atoms. The van der Waals surface area contributed by atoms with Crippen LogP contribution in [0.25, 0.3) is 0 Å². The molecule has 1 atom stereocenters. The van der Waals surface area contributed by atoms with Crippen LogP contribution in [0.4, 0.5) is 0 Å². The van der Waals surface area contributed by atoms with Crippen molar-refractivity contribution in [2.45, 2.75) is 32.4 Å². The molecule has 1 aliphatic rings. The van der Waals surface area contributed by atoms with Crippen LogP contribution in [0.3, 0.4) is 0 Å². The Hall–Kier alpha value is -1.03. The quantitative estimate of drug-likeness (QED) is 0.595. The van der Waals surface area contributed by atoms with Gasteiger partial charge in [-0.3, -0.25) is 0 Å². The molecule has 0 aliphatic carbocycles. The van der Waals surface area contributed by atoms with Crippen molar-refractivity contribution >= 4 is 6.34 Å². The van der Waals surface area contributed by atoms with Crippen LogP contribution in [0.5, 0.6) is 0 Å². The van der Waals surface area contributed by atoms with Gasteiger partial charge in [0.05, 0.1) is 12.0 Å². The second-order valence-electron chi connectivity index (χ2n) is 3.88. The number of rotatable bonds is 3. The van der Waals surface area contributed by atoms with Gasteiger partial charge in [-0.25, -0.2) is 4.99 Å². The summed E-state index contributed by atoms with van der Waals surface area (Å²) in [5, 5.41) is 2.82. The van der Waals surface area contributed by atoms with Gasteiger partial charge in [0.25, 0.3) is 0 Å². The van der Waals surface area contributed by atoms with E-state index in [-0.39, 0.29) is 0 Å². The average Bonchev–Trinajstić information content (AvgIpc) is 2.07. The molecule has 4 heteroatoms. The van der Waals surface area contributed by atoms with Gasteiger partial charge in [-0.2, -0.15) is 0 Å². The standard InChI is InChI=1S/C9H18N4/c1-7(2)3-4-9(11)8(10)5-12-6-13-9/h5-7H,3-4,10-11H2,1-2H3,(H,12,13). The maximum atomic E-state index is 6.02. The molecule has 1 heterocycles. The molecule has 0 saturated heterocycles. The zero-order valence-electron chi connectivity index (χ0n) is 8.25. The van der Waals surface area contributed by atoms with Crippen LogP contribution >= 0.6 is 0 Å². The van der Waals surface area contributed by atoms with Gasteiger partial charge in [-0.15, -0.1) is 0 Å². The minimum absolute atomic E-state index is 0.607. The molecule has 5 N–H and O–H groups in total. The van der Waals surface area contributed by atoms with E-state index in [1.54, 1.807) is 12.5 Å². The predicted octanol–water partition coefficient (Wildman–Crippen LogP) is 0.509. The summed E-state index contributed by atoms with van der Waals surface area (Å²) >= 11 is 0. The number of aliphatic imine (C=N–C) groups is 1. The number of nitrogens with one attached hydrogen (secondary N) is 1. The van der Waals surface area contributed by atoms with Gasteiger partial charge in [0.15, 0.2) is 5.66 Å². The lowest BCUT2D eigenvalue weighted by molar-refractivity contribution is 0.411. The minimum Gasteiger partial charge on any atom is -0.398 e. The number of hydrogen-bond acceptors (Lipinski definition) is 4. The van der Waals surface area contributed by atoms with Crippen molar-refractivity contribution in [1.29, 1.82) is 0 Å². The molecule has 1 rings (SSSR count). The molecule has 1 unspecified atom stereocenters. The molecule has 0 spiro atoms. The van der Waals surface area contributed by atoms with Crippen molar-refractivity contribution < 1.29 is 0 Å². The average molecular weight is 182 g/mol. The highest BCUT2D eigenvalue weighted by Gasteiger charge is 2.28. The monoisotopic (exact) mass is 182 g/mol. The molecule has 0 aromatic carbocycles. The van der Waals surface area contributed by atoms with Crippen molar-refractivity contribution in [3.8, 4) is 0 Å². The van der Waals surface area contributed by atoms with Gasteiger partial charge in [0.1, 0.15) is 0 Å². The summed E-state index contributed by atoms with van der Waals surface area (Å²) in [6, 6.07) is 0. The summed E-state index contributed by atoms with van der Waals surface area (Å²) in [6.07, 6.45) is 5.12. The van der Waals surface area contributed by atoms with E-state index < -0.39 is 5.66 Å². The van der Waals surface area contributed by atoms with Crippen molar-refractivity contribution in [2.24, 2.45) is 22.4 Å². The summed E-state index contributed by atoms with van der Waals surface area (Å²) in [4.78, 5) is 4.16. The fourth-order valence-corrected chi connectivity index (χ4v) is 1.20. The molecule has 0 amide bonds. The third-order valence-electron chi connectivity index (χ3n) is 2.21. The third-order valence-corrected chi connectivity index (χ3v) is 2.21. The van der Waals surface area contributed by atoms with E-state index in [9.17, 15) is 0 Å². The maximum absolute atomic E-state index is 6.02. The van der Waals surface area contributed by atoms with E-state index in [1.165, 1.54) is 0 Å². The van der Waals surface area contributed by atoms with E-state index >= 15 is 0 Å². The summed E-state index contributed by atoms with van der Waals surface area (Å²) in [5.74, 6) is 0.623. The number of hydrogen-bond donors (Lipinski definition) is 3. The van der Waals surface area contributed by atoms with Crippen LogP contribution < -0.4 is 16.8 Å². The van der Waals surface area contributed by atoms with Crippen molar-refractivity contribution in [3.63, 3.8) is 0 Å². The van der Waals surface area contributed by atoms with Crippen molar-refractivity contribution in [1.82, 2.24) is 5.32 Å². The Bertz CT molecular complexity index is 232. The van der Waals surface area contributed by atoms with Gasteiger partial charge < -0.3 is 16.8 Å². The molecule has 74 valence electrons. The van der Waals surface area contributed by atoms with Crippen LogP contribution in [0.2, 0.25) is 0 Å². The maximum Gasteiger partial charge on any atom is 0.151 e. The molecule has 0 bridgehead atoms. The van der Waals surface area contributed by atoms with Crippen LogP contribution in [0.15, 0.2) is 16.9 Å². The highest BCUT2D eigenvalue weighted by Crippen LogP contribution is 2.21. The number of nitrogens with two attached hydrogens (primary N) is 2. The van der Waals surface area contributed by atoms with Gasteiger partial charge in [0, 0.05) is 6.20 Å². The predicted molar refractivity (Wildman–Crippen MR) is 54.9 cm³/mol. The molecule has 0 aromatic rings. The molecule has 0 radical (unpaired) electrons. The fourth-order valence-electron chi connectivity index (χ4n) is 1.20. The zero-order chi connectivity index (χ0) is 9.90. The Morgan fingerprint density at radius 3 is 2.85 bits per heavy atom. The Balaban J connectivity index is 2.58. The first kappa shape index (κ1) is 10.1. The fraction of sp³-hybridized carbons (Fsp3) is 0.667. The Labute approximate surface area is 79.1 Å². The second-order valence-corrected chi connectivity index (χ2v) is 3.88. The van der Waals surface area contributed by atoms with Crippen LogP contribution in [-0.4, -0.2) is 12.0 Å². The van der Waals surface area contributed by atoms with E-state index in [2.05, 4.69) is 24.2 Å². The second kappa shape index (κ2) is 3.79. The highest BCUT2D eigenvalue weighted by atomic mass is 15.1. The molecule has 0 saturated carbocycles.